The Morgan fingerprint density at radius 2 is 2.11 bits per heavy atom. The maximum atomic E-state index is 6.24. The fraction of sp³-hybridized carbons (Fsp3) is 0.625. The summed E-state index contributed by atoms with van der Waals surface area (Å²) in [7, 11) is 1.84. The first-order valence-electron chi connectivity index (χ1n) is 7.41. The van der Waals surface area contributed by atoms with Crippen LogP contribution in [0.2, 0.25) is 0 Å². The highest BCUT2D eigenvalue weighted by Crippen LogP contribution is 2.33. The van der Waals surface area contributed by atoms with Crippen LogP contribution in [0.4, 0.5) is 5.69 Å². The number of anilines is 1. The van der Waals surface area contributed by atoms with E-state index >= 15 is 0 Å². The molecule has 3 nitrogen and oxygen atoms in total. The summed E-state index contributed by atoms with van der Waals surface area (Å²) in [6.45, 7) is 0.984. The lowest BCUT2D eigenvalue weighted by Gasteiger charge is -2.43. The van der Waals surface area contributed by atoms with Crippen molar-refractivity contribution in [3.63, 3.8) is 0 Å². The molecule has 19 heavy (non-hydrogen) atoms. The van der Waals surface area contributed by atoms with Gasteiger partial charge in [0.05, 0.1) is 6.10 Å². The second-order valence-corrected chi connectivity index (χ2v) is 5.92. The number of para-hydroxylation sites is 1. The molecule has 1 heterocycles. The predicted octanol–water partition coefficient (Wildman–Crippen LogP) is 2.33. The van der Waals surface area contributed by atoms with Gasteiger partial charge in [-0.1, -0.05) is 18.2 Å². The van der Waals surface area contributed by atoms with E-state index in [2.05, 4.69) is 29.2 Å². The van der Waals surface area contributed by atoms with Gasteiger partial charge < -0.3 is 15.4 Å². The molecule has 3 heteroatoms. The van der Waals surface area contributed by atoms with E-state index in [4.69, 9.17) is 10.5 Å². The number of rotatable bonds is 2. The third-order valence-electron chi connectivity index (χ3n) is 4.59. The van der Waals surface area contributed by atoms with E-state index in [-0.39, 0.29) is 6.04 Å². The molecule has 104 valence electrons. The maximum absolute atomic E-state index is 6.24. The zero-order chi connectivity index (χ0) is 13.2. The molecule has 2 aliphatic rings. The first-order chi connectivity index (χ1) is 9.28. The number of ether oxygens (including phenoxy) is 1. The van der Waals surface area contributed by atoms with Crippen LogP contribution in [0.5, 0.6) is 0 Å². The standard InChI is InChI=1S/C16H24N2O/c1-19-15-7-4-6-14(10-15)18-11-13(17)9-12-5-2-3-8-16(12)18/h2-3,5,8,13-15H,4,6-7,9-11,17H2,1H3. The lowest BCUT2D eigenvalue weighted by Crippen LogP contribution is -2.50. The van der Waals surface area contributed by atoms with E-state index in [9.17, 15) is 0 Å². The van der Waals surface area contributed by atoms with Gasteiger partial charge in [0.25, 0.3) is 0 Å². The highest BCUT2D eigenvalue weighted by molar-refractivity contribution is 5.57. The highest BCUT2D eigenvalue weighted by Gasteiger charge is 2.31. The Labute approximate surface area is 115 Å². The molecule has 0 spiro atoms. The summed E-state index contributed by atoms with van der Waals surface area (Å²) < 4.78 is 5.57. The topological polar surface area (TPSA) is 38.5 Å². The van der Waals surface area contributed by atoms with Crippen molar-refractivity contribution in [1.29, 1.82) is 0 Å². The largest absolute Gasteiger partial charge is 0.381 e. The Hall–Kier alpha value is -1.06. The molecule has 3 rings (SSSR count). The monoisotopic (exact) mass is 260 g/mol. The number of fused-ring (bicyclic) bond motifs is 1. The maximum Gasteiger partial charge on any atom is 0.0591 e. The minimum Gasteiger partial charge on any atom is -0.381 e. The van der Waals surface area contributed by atoms with Crippen molar-refractivity contribution in [3.05, 3.63) is 29.8 Å². The van der Waals surface area contributed by atoms with Gasteiger partial charge in [0.15, 0.2) is 0 Å². The smallest absolute Gasteiger partial charge is 0.0591 e. The van der Waals surface area contributed by atoms with Crippen LogP contribution in [0.25, 0.3) is 0 Å². The van der Waals surface area contributed by atoms with Crippen molar-refractivity contribution in [2.45, 2.75) is 50.3 Å². The van der Waals surface area contributed by atoms with Crippen LogP contribution in [0.3, 0.4) is 0 Å². The van der Waals surface area contributed by atoms with Crippen LogP contribution in [0.15, 0.2) is 24.3 Å². The molecule has 1 aromatic rings. The molecule has 2 N–H and O–H groups in total. The van der Waals surface area contributed by atoms with Gasteiger partial charge in [0.2, 0.25) is 0 Å². The lowest BCUT2D eigenvalue weighted by molar-refractivity contribution is 0.0627. The Morgan fingerprint density at radius 1 is 1.26 bits per heavy atom. The highest BCUT2D eigenvalue weighted by atomic mass is 16.5. The molecule has 0 bridgehead atoms. The lowest BCUT2D eigenvalue weighted by atomic mass is 9.88. The van der Waals surface area contributed by atoms with Crippen LogP contribution in [-0.2, 0) is 11.2 Å². The van der Waals surface area contributed by atoms with Crippen molar-refractivity contribution < 1.29 is 4.74 Å². The molecule has 1 aliphatic carbocycles. The Balaban J connectivity index is 1.84. The first kappa shape index (κ1) is 12.9. The van der Waals surface area contributed by atoms with Crippen LogP contribution < -0.4 is 10.6 Å². The minimum atomic E-state index is 0.262. The van der Waals surface area contributed by atoms with Gasteiger partial charge in [-0.3, -0.25) is 0 Å². The SMILES string of the molecule is COC1CCCC(N2CC(N)Cc3ccccc32)C1. The Kier molecular flexibility index (Phi) is 3.76. The Bertz CT molecular complexity index is 435. The summed E-state index contributed by atoms with van der Waals surface area (Å²) in [5.74, 6) is 0. The van der Waals surface area contributed by atoms with Crippen molar-refractivity contribution in [2.75, 3.05) is 18.6 Å². The number of nitrogens with zero attached hydrogens (tertiary/aromatic N) is 1. The molecule has 1 fully saturated rings. The molecule has 0 aromatic heterocycles. The average molecular weight is 260 g/mol. The van der Waals surface area contributed by atoms with Gasteiger partial charge in [-0.15, -0.1) is 0 Å². The zero-order valence-electron chi connectivity index (χ0n) is 11.7. The molecule has 0 radical (unpaired) electrons. The summed E-state index contributed by atoms with van der Waals surface area (Å²) in [6, 6.07) is 9.58. The number of nitrogens with two attached hydrogens (primary N) is 1. The summed E-state index contributed by atoms with van der Waals surface area (Å²) >= 11 is 0. The molecular formula is C16H24N2O. The summed E-state index contributed by atoms with van der Waals surface area (Å²) in [5, 5.41) is 0. The molecule has 1 aliphatic heterocycles. The van der Waals surface area contributed by atoms with Crippen molar-refractivity contribution in [1.82, 2.24) is 0 Å². The van der Waals surface area contributed by atoms with E-state index in [1.165, 1.54) is 30.5 Å². The van der Waals surface area contributed by atoms with Gasteiger partial charge in [0.1, 0.15) is 0 Å². The third-order valence-corrected chi connectivity index (χ3v) is 4.59. The van der Waals surface area contributed by atoms with E-state index in [0.717, 1.165) is 19.4 Å². The summed E-state index contributed by atoms with van der Waals surface area (Å²) in [6.07, 6.45) is 6.29. The van der Waals surface area contributed by atoms with Crippen molar-refractivity contribution in [2.24, 2.45) is 5.73 Å². The average Bonchev–Trinajstić information content (AvgIpc) is 2.46. The van der Waals surface area contributed by atoms with Crippen molar-refractivity contribution in [3.8, 4) is 0 Å². The van der Waals surface area contributed by atoms with E-state index < -0.39 is 0 Å². The molecule has 3 atom stereocenters. The molecule has 0 amide bonds. The number of methoxy groups -OCH3 is 1. The minimum absolute atomic E-state index is 0.262. The zero-order valence-corrected chi connectivity index (χ0v) is 11.7. The van der Waals surface area contributed by atoms with Gasteiger partial charge >= 0.3 is 0 Å². The number of hydrogen-bond donors (Lipinski definition) is 1. The van der Waals surface area contributed by atoms with Gasteiger partial charge in [-0.2, -0.15) is 0 Å². The fourth-order valence-electron chi connectivity index (χ4n) is 3.62. The summed E-state index contributed by atoms with van der Waals surface area (Å²) in [5.41, 5.74) is 9.04. The van der Waals surface area contributed by atoms with Crippen LogP contribution >= 0.6 is 0 Å². The molecule has 0 saturated heterocycles. The van der Waals surface area contributed by atoms with E-state index in [1.807, 2.05) is 7.11 Å². The third kappa shape index (κ3) is 2.63. The molecule has 1 aromatic carbocycles. The van der Waals surface area contributed by atoms with Crippen LogP contribution in [0, 0.1) is 0 Å². The van der Waals surface area contributed by atoms with Gasteiger partial charge in [-0.25, -0.2) is 0 Å². The number of benzene rings is 1. The number of hydrogen-bond acceptors (Lipinski definition) is 3. The fourth-order valence-corrected chi connectivity index (χ4v) is 3.62. The van der Waals surface area contributed by atoms with E-state index in [0.29, 0.717) is 12.1 Å². The van der Waals surface area contributed by atoms with Crippen LogP contribution in [-0.4, -0.2) is 31.8 Å². The van der Waals surface area contributed by atoms with E-state index in [1.54, 1.807) is 0 Å². The second-order valence-electron chi connectivity index (χ2n) is 5.92. The molecule has 1 saturated carbocycles. The quantitative estimate of drug-likeness (QED) is 0.887. The summed E-state index contributed by atoms with van der Waals surface area (Å²) in [4.78, 5) is 2.54. The first-order valence-corrected chi connectivity index (χ1v) is 7.41. The Morgan fingerprint density at radius 3 is 2.95 bits per heavy atom. The van der Waals surface area contributed by atoms with Crippen molar-refractivity contribution >= 4 is 5.69 Å². The van der Waals surface area contributed by atoms with Gasteiger partial charge in [-0.05, 0) is 43.7 Å². The molecular weight excluding hydrogens is 236 g/mol. The molecule has 3 unspecified atom stereocenters. The normalized spacial score (nSPS) is 31.1. The van der Waals surface area contributed by atoms with Gasteiger partial charge in [0, 0.05) is 31.4 Å². The second kappa shape index (κ2) is 5.51. The predicted molar refractivity (Wildman–Crippen MR) is 78.5 cm³/mol. The van der Waals surface area contributed by atoms with Crippen LogP contribution in [0.1, 0.15) is 31.2 Å².